The lowest BCUT2D eigenvalue weighted by Gasteiger charge is -2.11. The van der Waals surface area contributed by atoms with Gasteiger partial charge in [0, 0.05) is 25.9 Å². The van der Waals surface area contributed by atoms with Crippen molar-refractivity contribution < 1.29 is 17.9 Å². The largest absolute Gasteiger partial charge is 0.573 e. The van der Waals surface area contributed by atoms with Crippen LogP contribution in [0.3, 0.4) is 0 Å². The Morgan fingerprint density at radius 2 is 1.63 bits per heavy atom. The zero-order valence-electron chi connectivity index (χ0n) is 15.8. The molecular weight excluding hydrogens is 395 g/mol. The van der Waals surface area contributed by atoms with E-state index in [-0.39, 0.29) is 11.3 Å². The maximum atomic E-state index is 12.8. The molecule has 0 radical (unpaired) electrons. The zero-order chi connectivity index (χ0) is 21.3. The van der Waals surface area contributed by atoms with Crippen molar-refractivity contribution in [2.75, 3.05) is 0 Å². The molecule has 0 unspecified atom stereocenters. The maximum Gasteiger partial charge on any atom is 0.573 e. The average Bonchev–Trinajstić information content (AvgIpc) is 2.72. The lowest BCUT2D eigenvalue weighted by Crippen LogP contribution is -2.23. The van der Waals surface area contributed by atoms with Gasteiger partial charge in [-0.1, -0.05) is 18.2 Å². The summed E-state index contributed by atoms with van der Waals surface area (Å²) in [7, 11) is 1.67. The lowest BCUT2D eigenvalue weighted by molar-refractivity contribution is -0.274. The number of pyridine rings is 1. The topological polar surface area (TPSA) is 57.0 Å². The van der Waals surface area contributed by atoms with Crippen LogP contribution >= 0.6 is 0 Å². The van der Waals surface area contributed by atoms with Gasteiger partial charge >= 0.3 is 6.36 Å². The molecule has 0 aliphatic rings. The number of alkyl halides is 3. The van der Waals surface area contributed by atoms with Crippen LogP contribution in [0.4, 0.5) is 13.2 Å². The predicted molar refractivity (Wildman–Crippen MR) is 106 cm³/mol. The van der Waals surface area contributed by atoms with Crippen LogP contribution in [-0.4, -0.2) is 20.9 Å². The third-order valence-corrected chi connectivity index (χ3v) is 4.69. The summed E-state index contributed by atoms with van der Waals surface area (Å²) in [6.07, 6.45) is -1.01. The quantitative estimate of drug-likeness (QED) is 0.497. The smallest absolute Gasteiger partial charge is 0.406 e. The molecule has 0 atom stereocenters. The maximum absolute atomic E-state index is 12.8. The highest BCUT2D eigenvalue weighted by Gasteiger charge is 2.30. The molecule has 2 aromatic carbocycles. The Hall–Kier alpha value is -3.68. The second-order valence-corrected chi connectivity index (χ2v) is 6.73. The van der Waals surface area contributed by atoms with E-state index in [0.717, 1.165) is 11.1 Å². The molecule has 2 aromatic heterocycles. The highest BCUT2D eigenvalue weighted by atomic mass is 19.4. The standard InChI is InChI=1S/C22H16F3N3O2/c1-28-20-13-16(15-2-5-17(6-3-15)30-22(23,24)25)4-7-18(20)27-19(21(28)29)12-14-8-10-26-11-9-14/h2-11,13H,12H2,1H3. The third-order valence-electron chi connectivity index (χ3n) is 4.69. The molecule has 0 N–H and O–H groups in total. The van der Waals surface area contributed by atoms with Gasteiger partial charge in [0.15, 0.2) is 0 Å². The van der Waals surface area contributed by atoms with Crippen molar-refractivity contribution in [3.63, 3.8) is 0 Å². The number of nitrogens with zero attached hydrogens (tertiary/aromatic N) is 3. The van der Waals surface area contributed by atoms with E-state index in [4.69, 9.17) is 0 Å². The summed E-state index contributed by atoms with van der Waals surface area (Å²) in [5.74, 6) is -0.290. The molecule has 5 nitrogen and oxygen atoms in total. The van der Waals surface area contributed by atoms with Gasteiger partial charge in [0.25, 0.3) is 5.56 Å². The predicted octanol–water partition coefficient (Wildman–Crippen LogP) is 4.48. The Kier molecular flexibility index (Phi) is 4.99. The zero-order valence-corrected chi connectivity index (χ0v) is 15.8. The molecule has 2 heterocycles. The van der Waals surface area contributed by atoms with Gasteiger partial charge in [0.1, 0.15) is 11.4 Å². The molecule has 4 rings (SSSR count). The van der Waals surface area contributed by atoms with Gasteiger partial charge in [0.2, 0.25) is 0 Å². The first-order valence-electron chi connectivity index (χ1n) is 9.05. The molecule has 0 amide bonds. The number of fused-ring (bicyclic) bond motifs is 1. The van der Waals surface area contributed by atoms with Gasteiger partial charge in [-0.2, -0.15) is 0 Å². The van der Waals surface area contributed by atoms with Gasteiger partial charge in [-0.05, 0) is 53.1 Å². The molecule has 0 aliphatic carbocycles. The first kappa shape index (κ1) is 19.6. The molecule has 0 saturated carbocycles. The van der Waals surface area contributed by atoms with Gasteiger partial charge in [0.05, 0.1) is 11.0 Å². The number of hydrogen-bond donors (Lipinski definition) is 0. The first-order chi connectivity index (χ1) is 14.3. The summed E-state index contributed by atoms with van der Waals surface area (Å²) >= 11 is 0. The Morgan fingerprint density at radius 1 is 0.967 bits per heavy atom. The van der Waals surface area contributed by atoms with Crippen molar-refractivity contribution in [2.45, 2.75) is 12.8 Å². The summed E-state index contributed by atoms with van der Waals surface area (Å²) < 4.78 is 42.4. The van der Waals surface area contributed by atoms with Gasteiger partial charge in [-0.3, -0.25) is 9.78 Å². The fraction of sp³-hybridized carbons (Fsp3) is 0.136. The molecule has 152 valence electrons. The SMILES string of the molecule is Cn1c(=O)c(Cc2ccncc2)nc2ccc(-c3ccc(OC(F)(F)F)cc3)cc21. The summed E-state index contributed by atoms with van der Waals surface area (Å²) in [6.45, 7) is 0. The van der Waals surface area contributed by atoms with E-state index in [1.165, 1.54) is 28.8 Å². The minimum absolute atomic E-state index is 0.203. The summed E-state index contributed by atoms with van der Waals surface area (Å²) in [6, 6.07) is 14.6. The van der Waals surface area contributed by atoms with E-state index >= 15 is 0 Å². The van der Waals surface area contributed by atoms with Gasteiger partial charge in [-0.25, -0.2) is 4.98 Å². The molecule has 0 fully saturated rings. The normalized spacial score (nSPS) is 11.6. The monoisotopic (exact) mass is 411 g/mol. The molecular formula is C22H16F3N3O2. The molecule has 4 aromatic rings. The number of ether oxygens (including phenoxy) is 1. The molecule has 0 spiro atoms. The Morgan fingerprint density at radius 3 is 2.30 bits per heavy atom. The fourth-order valence-electron chi connectivity index (χ4n) is 3.22. The molecule has 0 bridgehead atoms. The van der Waals surface area contributed by atoms with Crippen LogP contribution in [0.2, 0.25) is 0 Å². The van der Waals surface area contributed by atoms with E-state index in [9.17, 15) is 18.0 Å². The van der Waals surface area contributed by atoms with Crippen LogP contribution in [-0.2, 0) is 13.5 Å². The van der Waals surface area contributed by atoms with Crippen LogP contribution in [0, 0.1) is 0 Å². The lowest BCUT2D eigenvalue weighted by atomic mass is 10.0. The van der Waals surface area contributed by atoms with Crippen LogP contribution in [0.15, 0.2) is 71.8 Å². The van der Waals surface area contributed by atoms with Crippen molar-refractivity contribution >= 4 is 11.0 Å². The summed E-state index contributed by atoms with van der Waals surface area (Å²) in [4.78, 5) is 21.3. The first-order valence-corrected chi connectivity index (χ1v) is 9.05. The van der Waals surface area contributed by atoms with E-state index in [1.807, 2.05) is 18.2 Å². The Bertz CT molecular complexity index is 1250. The number of benzene rings is 2. The number of hydrogen-bond acceptors (Lipinski definition) is 4. The summed E-state index contributed by atoms with van der Waals surface area (Å²) in [5.41, 5.74) is 3.89. The second-order valence-electron chi connectivity index (χ2n) is 6.73. The van der Waals surface area contributed by atoms with Crippen LogP contribution in [0.5, 0.6) is 5.75 Å². The van der Waals surface area contributed by atoms with Crippen molar-refractivity contribution in [2.24, 2.45) is 7.05 Å². The van der Waals surface area contributed by atoms with Gasteiger partial charge in [-0.15, -0.1) is 13.2 Å². The number of rotatable bonds is 4. The number of halogens is 3. The summed E-state index contributed by atoms with van der Waals surface area (Å²) in [5, 5.41) is 0. The van der Waals surface area contributed by atoms with Crippen molar-refractivity contribution in [3.8, 4) is 16.9 Å². The Balaban J connectivity index is 1.68. The molecule has 8 heteroatoms. The van der Waals surface area contributed by atoms with Crippen molar-refractivity contribution in [1.29, 1.82) is 0 Å². The molecule has 0 saturated heterocycles. The fourth-order valence-corrected chi connectivity index (χ4v) is 3.22. The third kappa shape index (κ3) is 4.17. The minimum Gasteiger partial charge on any atom is -0.406 e. The number of aryl methyl sites for hydroxylation is 1. The van der Waals surface area contributed by atoms with Crippen LogP contribution < -0.4 is 10.3 Å². The number of aromatic nitrogens is 3. The van der Waals surface area contributed by atoms with E-state index in [2.05, 4.69) is 14.7 Å². The van der Waals surface area contributed by atoms with E-state index < -0.39 is 6.36 Å². The van der Waals surface area contributed by atoms with Crippen LogP contribution in [0.25, 0.3) is 22.2 Å². The van der Waals surface area contributed by atoms with Crippen molar-refractivity contribution in [1.82, 2.24) is 14.5 Å². The van der Waals surface area contributed by atoms with E-state index in [1.54, 1.807) is 31.6 Å². The van der Waals surface area contributed by atoms with Crippen LogP contribution in [0.1, 0.15) is 11.3 Å². The molecule has 30 heavy (non-hydrogen) atoms. The van der Waals surface area contributed by atoms with E-state index in [0.29, 0.717) is 28.7 Å². The second kappa shape index (κ2) is 7.62. The minimum atomic E-state index is -4.73. The highest BCUT2D eigenvalue weighted by molar-refractivity contribution is 5.82. The highest BCUT2D eigenvalue weighted by Crippen LogP contribution is 2.28. The average molecular weight is 411 g/mol. The van der Waals surface area contributed by atoms with Gasteiger partial charge < -0.3 is 9.30 Å². The Labute approximate surface area is 169 Å². The molecule has 0 aliphatic heterocycles. The van der Waals surface area contributed by atoms with Crippen molar-refractivity contribution in [3.05, 3.63) is 88.6 Å².